The minimum Gasteiger partial charge on any atom is -0.497 e. The lowest BCUT2D eigenvalue weighted by Crippen LogP contribution is -1.87. The monoisotopic (exact) mass is 277 g/mol. The van der Waals surface area contributed by atoms with Crippen molar-refractivity contribution in [2.24, 2.45) is 0 Å². The van der Waals surface area contributed by atoms with Crippen molar-refractivity contribution in [1.82, 2.24) is 0 Å². The van der Waals surface area contributed by atoms with Crippen LogP contribution in [0.25, 0.3) is 11.1 Å². The second-order valence-corrected chi connectivity index (χ2v) is 4.42. The molecule has 0 saturated heterocycles. The van der Waals surface area contributed by atoms with Gasteiger partial charge in [0.25, 0.3) is 0 Å². The average molecular weight is 278 g/mol. The zero-order valence-corrected chi connectivity index (χ0v) is 10.5. The molecule has 0 aliphatic rings. The van der Waals surface area contributed by atoms with Crippen molar-refractivity contribution in [3.8, 4) is 16.9 Å². The average Bonchev–Trinajstić information content (AvgIpc) is 2.28. The summed E-state index contributed by atoms with van der Waals surface area (Å²) >= 11 is 3.43. The number of nitrogen functional groups attached to an aromatic ring is 1. The molecule has 2 rings (SSSR count). The molecule has 0 fully saturated rings. The number of anilines is 1. The van der Waals surface area contributed by atoms with Gasteiger partial charge in [0.1, 0.15) is 5.75 Å². The van der Waals surface area contributed by atoms with Gasteiger partial charge >= 0.3 is 0 Å². The minimum atomic E-state index is 0.743. The van der Waals surface area contributed by atoms with E-state index in [1.54, 1.807) is 7.11 Å². The van der Waals surface area contributed by atoms with Crippen LogP contribution in [0.4, 0.5) is 5.69 Å². The molecule has 2 aromatic carbocycles. The standard InChI is InChI=1S/C13H12BrNO/c1-16-13-4-2-3-9(7-13)10-5-11(14)8-12(15)6-10/h2-8H,15H2,1H3. The van der Waals surface area contributed by atoms with Gasteiger partial charge < -0.3 is 10.5 Å². The number of benzene rings is 2. The first-order valence-corrected chi connectivity index (χ1v) is 5.69. The van der Waals surface area contributed by atoms with Gasteiger partial charge in [0.2, 0.25) is 0 Å². The number of rotatable bonds is 2. The van der Waals surface area contributed by atoms with Crippen LogP contribution < -0.4 is 10.5 Å². The number of halogens is 1. The van der Waals surface area contributed by atoms with Crippen molar-refractivity contribution in [3.63, 3.8) is 0 Å². The van der Waals surface area contributed by atoms with Crippen LogP contribution >= 0.6 is 15.9 Å². The summed E-state index contributed by atoms with van der Waals surface area (Å²) in [5, 5.41) is 0. The van der Waals surface area contributed by atoms with Crippen molar-refractivity contribution in [1.29, 1.82) is 0 Å². The van der Waals surface area contributed by atoms with Crippen LogP contribution in [0.3, 0.4) is 0 Å². The van der Waals surface area contributed by atoms with E-state index in [1.165, 1.54) is 0 Å². The maximum Gasteiger partial charge on any atom is 0.119 e. The Morgan fingerprint density at radius 1 is 1.06 bits per heavy atom. The Bertz CT molecular complexity index is 491. The SMILES string of the molecule is COc1cccc(-c2cc(N)cc(Br)c2)c1. The second-order valence-electron chi connectivity index (χ2n) is 3.51. The topological polar surface area (TPSA) is 35.2 Å². The van der Waals surface area contributed by atoms with E-state index < -0.39 is 0 Å². The van der Waals surface area contributed by atoms with Crippen LogP contribution in [0.2, 0.25) is 0 Å². The highest BCUT2D eigenvalue weighted by atomic mass is 79.9. The Labute approximate surface area is 103 Å². The predicted molar refractivity (Wildman–Crippen MR) is 70.5 cm³/mol. The molecule has 3 heteroatoms. The van der Waals surface area contributed by atoms with Crippen molar-refractivity contribution in [2.75, 3.05) is 12.8 Å². The molecule has 0 bridgehead atoms. The molecule has 0 spiro atoms. The van der Waals surface area contributed by atoms with Crippen molar-refractivity contribution < 1.29 is 4.74 Å². The van der Waals surface area contributed by atoms with E-state index in [1.807, 2.05) is 42.5 Å². The van der Waals surface area contributed by atoms with Crippen molar-refractivity contribution in [3.05, 3.63) is 46.9 Å². The molecule has 2 N–H and O–H groups in total. The van der Waals surface area contributed by atoms with E-state index in [9.17, 15) is 0 Å². The van der Waals surface area contributed by atoms with Gasteiger partial charge in [-0.1, -0.05) is 28.1 Å². The van der Waals surface area contributed by atoms with E-state index >= 15 is 0 Å². The molecule has 0 amide bonds. The Kier molecular flexibility index (Phi) is 3.15. The molecule has 0 heterocycles. The maximum absolute atomic E-state index is 5.81. The summed E-state index contributed by atoms with van der Waals surface area (Å²) in [6.07, 6.45) is 0. The molecule has 0 unspecified atom stereocenters. The van der Waals surface area contributed by atoms with Crippen molar-refractivity contribution >= 4 is 21.6 Å². The predicted octanol–water partition coefficient (Wildman–Crippen LogP) is 3.71. The molecule has 2 aromatic rings. The van der Waals surface area contributed by atoms with Crippen LogP contribution in [0, 0.1) is 0 Å². The Morgan fingerprint density at radius 2 is 1.88 bits per heavy atom. The summed E-state index contributed by atoms with van der Waals surface area (Å²) in [5.41, 5.74) is 8.71. The molecular formula is C13H12BrNO. The van der Waals surface area contributed by atoms with E-state index in [-0.39, 0.29) is 0 Å². The fourth-order valence-electron chi connectivity index (χ4n) is 1.58. The summed E-state index contributed by atoms with van der Waals surface area (Å²) < 4.78 is 6.17. The Hall–Kier alpha value is -1.48. The van der Waals surface area contributed by atoms with Gasteiger partial charge in [0.05, 0.1) is 7.11 Å². The summed E-state index contributed by atoms with van der Waals surface area (Å²) in [4.78, 5) is 0. The number of hydrogen-bond donors (Lipinski definition) is 1. The van der Waals surface area contributed by atoms with Gasteiger partial charge in [0, 0.05) is 10.2 Å². The van der Waals surface area contributed by atoms with E-state index in [0.717, 1.165) is 27.0 Å². The second kappa shape index (κ2) is 4.58. The molecule has 0 saturated carbocycles. The number of methoxy groups -OCH3 is 1. The Balaban J connectivity index is 2.49. The molecule has 0 aliphatic carbocycles. The van der Waals surface area contributed by atoms with Crippen LogP contribution in [0.1, 0.15) is 0 Å². The first-order valence-electron chi connectivity index (χ1n) is 4.89. The molecular weight excluding hydrogens is 266 g/mol. The zero-order valence-electron chi connectivity index (χ0n) is 8.91. The number of hydrogen-bond acceptors (Lipinski definition) is 2. The van der Waals surface area contributed by atoms with Crippen LogP contribution in [-0.4, -0.2) is 7.11 Å². The van der Waals surface area contributed by atoms with Crippen LogP contribution in [-0.2, 0) is 0 Å². The quantitative estimate of drug-likeness (QED) is 0.850. The fraction of sp³-hybridized carbons (Fsp3) is 0.0769. The van der Waals surface area contributed by atoms with Gasteiger partial charge in [-0.3, -0.25) is 0 Å². The lowest BCUT2D eigenvalue weighted by molar-refractivity contribution is 0.415. The smallest absolute Gasteiger partial charge is 0.119 e. The first-order chi connectivity index (χ1) is 7.69. The van der Waals surface area contributed by atoms with Gasteiger partial charge in [-0.25, -0.2) is 0 Å². The molecule has 2 nitrogen and oxygen atoms in total. The molecule has 0 atom stereocenters. The highest BCUT2D eigenvalue weighted by Crippen LogP contribution is 2.28. The summed E-state index contributed by atoms with van der Waals surface area (Å²) in [6.45, 7) is 0. The van der Waals surface area contributed by atoms with E-state index in [2.05, 4.69) is 15.9 Å². The minimum absolute atomic E-state index is 0.743. The molecule has 82 valence electrons. The fourth-order valence-corrected chi connectivity index (χ4v) is 2.09. The zero-order chi connectivity index (χ0) is 11.5. The molecule has 0 aliphatic heterocycles. The van der Waals surface area contributed by atoms with Gasteiger partial charge in [-0.2, -0.15) is 0 Å². The third kappa shape index (κ3) is 2.36. The first kappa shape index (κ1) is 11.0. The third-order valence-corrected chi connectivity index (χ3v) is 2.78. The van der Waals surface area contributed by atoms with Gasteiger partial charge in [0.15, 0.2) is 0 Å². The summed E-state index contributed by atoms with van der Waals surface area (Å²) in [6, 6.07) is 13.8. The van der Waals surface area contributed by atoms with Gasteiger partial charge in [-0.05, 0) is 41.5 Å². The number of nitrogens with two attached hydrogens (primary N) is 1. The van der Waals surface area contributed by atoms with E-state index in [4.69, 9.17) is 10.5 Å². The van der Waals surface area contributed by atoms with E-state index in [0.29, 0.717) is 0 Å². The highest BCUT2D eigenvalue weighted by molar-refractivity contribution is 9.10. The van der Waals surface area contributed by atoms with Crippen molar-refractivity contribution in [2.45, 2.75) is 0 Å². The highest BCUT2D eigenvalue weighted by Gasteiger charge is 2.01. The number of ether oxygens (including phenoxy) is 1. The normalized spacial score (nSPS) is 10.1. The largest absolute Gasteiger partial charge is 0.497 e. The Morgan fingerprint density at radius 3 is 2.56 bits per heavy atom. The molecule has 0 radical (unpaired) electrons. The van der Waals surface area contributed by atoms with Crippen LogP contribution in [0.15, 0.2) is 46.9 Å². The lowest BCUT2D eigenvalue weighted by Gasteiger charge is -2.06. The third-order valence-electron chi connectivity index (χ3n) is 2.32. The summed E-state index contributed by atoms with van der Waals surface area (Å²) in [7, 11) is 1.66. The summed E-state index contributed by atoms with van der Waals surface area (Å²) in [5.74, 6) is 0.844. The van der Waals surface area contributed by atoms with Gasteiger partial charge in [-0.15, -0.1) is 0 Å². The van der Waals surface area contributed by atoms with Crippen LogP contribution in [0.5, 0.6) is 5.75 Å². The molecule has 16 heavy (non-hydrogen) atoms. The lowest BCUT2D eigenvalue weighted by atomic mass is 10.1. The molecule has 0 aromatic heterocycles. The maximum atomic E-state index is 5.81.